The Hall–Kier alpha value is -3.04. The lowest BCUT2D eigenvalue weighted by atomic mass is 10.2. The van der Waals surface area contributed by atoms with Gasteiger partial charge in [0.1, 0.15) is 28.6 Å². The van der Waals surface area contributed by atoms with Gasteiger partial charge in [0.2, 0.25) is 6.04 Å². The van der Waals surface area contributed by atoms with Crippen molar-refractivity contribution in [2.75, 3.05) is 32.8 Å². The molecule has 2 aromatic carbocycles. The van der Waals surface area contributed by atoms with Gasteiger partial charge in [-0.3, -0.25) is 9.59 Å². The molecular formula is C22H25Cl2N3O6. The Morgan fingerprint density at radius 1 is 0.970 bits per heavy atom. The van der Waals surface area contributed by atoms with E-state index >= 15 is 0 Å². The average molecular weight is 498 g/mol. The minimum absolute atomic E-state index is 0.149. The van der Waals surface area contributed by atoms with E-state index in [9.17, 15) is 9.59 Å². The lowest BCUT2D eigenvalue weighted by molar-refractivity contribution is -0.126. The van der Waals surface area contributed by atoms with Crippen LogP contribution >= 0.6 is 23.2 Å². The smallest absolute Gasteiger partial charge is 0.259 e. The number of Topliss-reactive ketones (excluding diaryl/α,β-unsaturated/α-hetero) is 1. The Labute approximate surface area is 202 Å². The monoisotopic (exact) mass is 497 g/mol. The number of rotatable bonds is 11. The van der Waals surface area contributed by atoms with Crippen LogP contribution in [0.15, 0.2) is 34.5 Å². The van der Waals surface area contributed by atoms with Gasteiger partial charge in [-0.05, 0) is 20.8 Å². The van der Waals surface area contributed by atoms with Crippen LogP contribution in [-0.2, 0) is 9.59 Å². The van der Waals surface area contributed by atoms with Crippen LogP contribution < -0.4 is 24.3 Å². The minimum Gasteiger partial charge on any atom is -0.497 e. The number of anilines is 1. The van der Waals surface area contributed by atoms with E-state index in [2.05, 4.69) is 15.5 Å². The highest BCUT2D eigenvalue weighted by molar-refractivity contribution is 6.33. The Morgan fingerprint density at radius 3 is 2.06 bits per heavy atom. The number of hydrogen-bond acceptors (Lipinski definition) is 8. The van der Waals surface area contributed by atoms with E-state index in [0.29, 0.717) is 35.5 Å². The molecule has 2 rings (SSSR count). The number of halogens is 2. The summed E-state index contributed by atoms with van der Waals surface area (Å²) in [5.74, 6) is 0.0257. The van der Waals surface area contributed by atoms with Gasteiger partial charge in [-0.2, -0.15) is 5.11 Å². The highest BCUT2D eigenvalue weighted by atomic mass is 35.5. The summed E-state index contributed by atoms with van der Waals surface area (Å²) in [6.45, 7) is 5.43. The maximum Gasteiger partial charge on any atom is 0.259 e. The van der Waals surface area contributed by atoms with Crippen LogP contribution in [0.4, 0.5) is 11.4 Å². The number of amides is 1. The molecule has 0 fully saturated rings. The van der Waals surface area contributed by atoms with E-state index in [-0.39, 0.29) is 22.1 Å². The van der Waals surface area contributed by atoms with E-state index < -0.39 is 17.7 Å². The molecule has 0 spiro atoms. The maximum atomic E-state index is 13.0. The molecule has 1 unspecified atom stereocenters. The number of ketones is 1. The number of nitrogens with one attached hydrogen (secondary N) is 1. The molecule has 0 saturated heterocycles. The largest absolute Gasteiger partial charge is 0.497 e. The van der Waals surface area contributed by atoms with Crippen LogP contribution in [0.5, 0.6) is 23.0 Å². The summed E-state index contributed by atoms with van der Waals surface area (Å²) < 4.78 is 21.6. The van der Waals surface area contributed by atoms with Gasteiger partial charge in [-0.15, -0.1) is 5.11 Å². The second kappa shape index (κ2) is 12.3. The molecule has 33 heavy (non-hydrogen) atoms. The Bertz CT molecular complexity index is 1020. The topological polar surface area (TPSA) is 108 Å². The zero-order valence-electron chi connectivity index (χ0n) is 18.9. The minimum atomic E-state index is -1.47. The van der Waals surface area contributed by atoms with Gasteiger partial charge in [0.25, 0.3) is 5.91 Å². The number of carbonyl (C=O) groups excluding carboxylic acids is 2. The third-order valence-corrected chi connectivity index (χ3v) is 4.75. The molecule has 178 valence electrons. The third-order valence-electron chi connectivity index (χ3n) is 4.24. The number of benzene rings is 2. The molecule has 0 aromatic heterocycles. The molecule has 0 aliphatic heterocycles. The number of hydrogen-bond donors (Lipinski definition) is 1. The molecule has 0 aliphatic rings. The molecule has 0 radical (unpaired) electrons. The summed E-state index contributed by atoms with van der Waals surface area (Å²) in [6, 6.07) is 4.68. The molecule has 1 amide bonds. The lowest BCUT2D eigenvalue weighted by Gasteiger charge is -2.18. The summed E-state index contributed by atoms with van der Waals surface area (Å²) in [5.41, 5.74) is 0.380. The number of carbonyl (C=O) groups is 2. The molecular weight excluding hydrogens is 473 g/mol. The highest BCUT2D eigenvalue weighted by Gasteiger charge is 2.26. The molecule has 2 aromatic rings. The Balaban J connectivity index is 2.41. The van der Waals surface area contributed by atoms with Crippen molar-refractivity contribution in [2.45, 2.75) is 26.8 Å². The molecule has 0 aliphatic carbocycles. The first kappa shape index (κ1) is 26.2. The van der Waals surface area contributed by atoms with Crippen LogP contribution in [0, 0.1) is 0 Å². The fourth-order valence-electron chi connectivity index (χ4n) is 2.77. The van der Waals surface area contributed by atoms with Crippen molar-refractivity contribution in [3.05, 3.63) is 34.3 Å². The van der Waals surface area contributed by atoms with Gasteiger partial charge in [0.15, 0.2) is 11.5 Å². The quantitative estimate of drug-likeness (QED) is 0.324. The SMILES string of the molecule is CCOc1cc(Cl)cc(OCC)c1NC(=O)C(N=Nc1c(Cl)cc(OC)cc1OC)C(C)=O. The van der Waals surface area contributed by atoms with Crippen LogP contribution in [0.3, 0.4) is 0 Å². The van der Waals surface area contributed by atoms with Crippen molar-refractivity contribution in [1.29, 1.82) is 0 Å². The molecule has 0 bridgehead atoms. The molecule has 9 nitrogen and oxygen atoms in total. The van der Waals surface area contributed by atoms with Crippen molar-refractivity contribution in [3.63, 3.8) is 0 Å². The first-order valence-electron chi connectivity index (χ1n) is 9.98. The van der Waals surface area contributed by atoms with E-state index in [4.69, 9.17) is 42.1 Å². The van der Waals surface area contributed by atoms with E-state index in [1.165, 1.54) is 39.3 Å². The zero-order chi connectivity index (χ0) is 24.5. The standard InChI is InChI=1S/C22H25Cl2N3O6/c1-6-32-17-8-13(23)9-18(33-7-2)21(17)25-22(29)19(12(3)28)26-27-20-15(24)10-14(30-4)11-16(20)31-5/h8-11,19H,6-7H2,1-5H3,(H,25,29). The van der Waals surface area contributed by atoms with E-state index in [1.807, 2.05) is 0 Å². The number of azo groups is 1. The summed E-state index contributed by atoms with van der Waals surface area (Å²) in [4.78, 5) is 25.2. The predicted molar refractivity (Wildman–Crippen MR) is 126 cm³/mol. The molecule has 11 heteroatoms. The summed E-state index contributed by atoms with van der Waals surface area (Å²) >= 11 is 12.4. The number of ether oxygens (including phenoxy) is 4. The van der Waals surface area contributed by atoms with Gasteiger partial charge >= 0.3 is 0 Å². The fraction of sp³-hybridized carbons (Fsp3) is 0.364. The summed E-state index contributed by atoms with van der Waals surface area (Å²) in [6.07, 6.45) is 0. The van der Waals surface area contributed by atoms with Gasteiger partial charge in [-0.1, -0.05) is 23.2 Å². The molecule has 0 saturated carbocycles. The second-order valence-electron chi connectivity index (χ2n) is 6.52. The number of methoxy groups -OCH3 is 2. The van der Waals surface area contributed by atoms with E-state index in [0.717, 1.165) is 0 Å². The first-order valence-corrected chi connectivity index (χ1v) is 10.7. The van der Waals surface area contributed by atoms with Crippen molar-refractivity contribution in [2.24, 2.45) is 10.2 Å². The second-order valence-corrected chi connectivity index (χ2v) is 7.36. The normalized spacial score (nSPS) is 11.7. The average Bonchev–Trinajstić information content (AvgIpc) is 2.76. The van der Waals surface area contributed by atoms with Crippen molar-refractivity contribution < 1.29 is 28.5 Å². The van der Waals surface area contributed by atoms with Crippen LogP contribution in [-0.4, -0.2) is 45.2 Å². The van der Waals surface area contributed by atoms with Gasteiger partial charge in [-0.25, -0.2) is 0 Å². The van der Waals surface area contributed by atoms with Crippen LogP contribution in [0.1, 0.15) is 20.8 Å². The van der Waals surface area contributed by atoms with Crippen molar-refractivity contribution in [1.82, 2.24) is 0 Å². The molecule has 1 N–H and O–H groups in total. The van der Waals surface area contributed by atoms with Gasteiger partial charge < -0.3 is 24.3 Å². The van der Waals surface area contributed by atoms with Crippen LogP contribution in [0.2, 0.25) is 10.0 Å². The Morgan fingerprint density at radius 2 is 1.58 bits per heavy atom. The third kappa shape index (κ3) is 6.72. The fourth-order valence-corrected chi connectivity index (χ4v) is 3.20. The lowest BCUT2D eigenvalue weighted by Crippen LogP contribution is -2.32. The molecule has 0 heterocycles. The highest BCUT2D eigenvalue weighted by Crippen LogP contribution is 2.40. The molecule has 1 atom stereocenters. The van der Waals surface area contributed by atoms with E-state index in [1.54, 1.807) is 19.9 Å². The summed E-state index contributed by atoms with van der Waals surface area (Å²) in [7, 11) is 2.90. The number of nitrogens with zero attached hydrogens (tertiary/aromatic N) is 2. The maximum absolute atomic E-state index is 13.0. The van der Waals surface area contributed by atoms with Gasteiger partial charge in [0.05, 0.1) is 32.5 Å². The van der Waals surface area contributed by atoms with Crippen molar-refractivity contribution in [3.8, 4) is 23.0 Å². The van der Waals surface area contributed by atoms with Crippen LogP contribution in [0.25, 0.3) is 0 Å². The Kier molecular flexibility index (Phi) is 9.74. The first-order chi connectivity index (χ1) is 15.7. The zero-order valence-corrected chi connectivity index (χ0v) is 20.4. The predicted octanol–water partition coefficient (Wildman–Crippen LogP) is 5.49. The summed E-state index contributed by atoms with van der Waals surface area (Å²) in [5, 5.41) is 11.1. The van der Waals surface area contributed by atoms with Gasteiger partial charge in [0, 0.05) is 29.3 Å². The van der Waals surface area contributed by atoms with Crippen molar-refractivity contribution >= 4 is 46.3 Å².